The highest BCUT2D eigenvalue weighted by molar-refractivity contribution is 5.79. The second kappa shape index (κ2) is 6.06. The van der Waals surface area contributed by atoms with Crippen molar-refractivity contribution in [1.29, 1.82) is 0 Å². The molecule has 26 heavy (non-hydrogen) atoms. The third-order valence-corrected chi connectivity index (χ3v) is 9.96. The molecule has 0 unspecified atom stereocenters. The Bertz CT molecular complexity index is 581. The van der Waals surface area contributed by atoms with Crippen LogP contribution < -0.4 is 0 Å². The molecule has 0 aromatic heterocycles. The van der Waals surface area contributed by atoms with Gasteiger partial charge < -0.3 is 5.11 Å². The molecule has 5 rings (SSSR count). The van der Waals surface area contributed by atoms with Gasteiger partial charge in [0.1, 0.15) is 5.78 Å². The maximum atomic E-state index is 12.2. The predicted molar refractivity (Wildman–Crippen MR) is 104 cm³/mol. The molecule has 0 amide bonds. The minimum atomic E-state index is -0.328. The molecule has 146 valence electrons. The van der Waals surface area contributed by atoms with Crippen molar-refractivity contribution in [3.05, 3.63) is 0 Å². The Morgan fingerprint density at radius 2 is 1.69 bits per heavy atom. The maximum absolute atomic E-state index is 12.2. The van der Waals surface area contributed by atoms with Crippen molar-refractivity contribution in [2.24, 2.45) is 46.8 Å². The molecule has 0 bridgehead atoms. The number of carbonyl (C=O) groups excluding carboxylic acids is 1. The van der Waals surface area contributed by atoms with Gasteiger partial charge in [-0.1, -0.05) is 19.8 Å². The molecular formula is C24H38O2. The van der Waals surface area contributed by atoms with E-state index in [2.05, 4.69) is 6.92 Å². The number of aliphatic hydroxyl groups is 1. The topological polar surface area (TPSA) is 37.3 Å². The highest BCUT2D eigenvalue weighted by Crippen LogP contribution is 2.65. The van der Waals surface area contributed by atoms with E-state index in [1.54, 1.807) is 0 Å². The average molecular weight is 359 g/mol. The highest BCUT2D eigenvalue weighted by atomic mass is 16.3. The summed E-state index contributed by atoms with van der Waals surface area (Å²) in [6.07, 6.45) is 15.0. The Hall–Kier alpha value is -0.370. The van der Waals surface area contributed by atoms with Crippen molar-refractivity contribution in [3.63, 3.8) is 0 Å². The van der Waals surface area contributed by atoms with Gasteiger partial charge in [0.2, 0.25) is 0 Å². The first-order valence-corrected chi connectivity index (χ1v) is 11.6. The Labute approximate surface area is 159 Å². The number of Topliss-reactive ketones (excluding diaryl/α,β-unsaturated/α-hetero) is 1. The number of hydrogen-bond donors (Lipinski definition) is 1. The molecule has 5 fully saturated rings. The van der Waals surface area contributed by atoms with E-state index >= 15 is 0 Å². The molecule has 5 aliphatic carbocycles. The first kappa shape index (κ1) is 17.7. The SMILES string of the molecule is CC(=O)[C@H]1CC[C@H]2[C@@H]3CC[C@@H]4C[C@@](O)(CC5CC5)CC[C@@H]4[C@H]3CC[C@]12C. The molecule has 0 heterocycles. The first-order valence-electron chi connectivity index (χ1n) is 11.6. The van der Waals surface area contributed by atoms with Crippen molar-refractivity contribution in [3.8, 4) is 0 Å². The zero-order chi connectivity index (χ0) is 18.1. The van der Waals surface area contributed by atoms with Crippen LogP contribution in [0, 0.1) is 46.8 Å². The lowest BCUT2D eigenvalue weighted by Gasteiger charge is -2.57. The van der Waals surface area contributed by atoms with E-state index in [9.17, 15) is 9.90 Å². The molecule has 5 aliphatic rings. The van der Waals surface area contributed by atoms with Crippen LogP contribution in [0.5, 0.6) is 0 Å². The first-order chi connectivity index (χ1) is 12.4. The summed E-state index contributed by atoms with van der Waals surface area (Å²) in [6.45, 7) is 4.29. The lowest BCUT2D eigenvalue weighted by Crippen LogP contribution is -2.51. The van der Waals surface area contributed by atoms with E-state index in [1.807, 2.05) is 6.92 Å². The molecule has 0 spiro atoms. The quantitative estimate of drug-likeness (QED) is 0.736. The molecule has 2 nitrogen and oxygen atoms in total. The van der Waals surface area contributed by atoms with E-state index < -0.39 is 0 Å². The molecule has 0 saturated heterocycles. The molecule has 0 aliphatic heterocycles. The molecule has 2 heteroatoms. The van der Waals surface area contributed by atoms with Gasteiger partial charge in [-0.25, -0.2) is 0 Å². The summed E-state index contributed by atoms with van der Waals surface area (Å²) in [6, 6.07) is 0. The van der Waals surface area contributed by atoms with Crippen LogP contribution >= 0.6 is 0 Å². The van der Waals surface area contributed by atoms with Crippen molar-refractivity contribution in [2.45, 2.75) is 96.5 Å². The maximum Gasteiger partial charge on any atom is 0.133 e. The fourth-order valence-corrected chi connectivity index (χ4v) is 8.68. The highest BCUT2D eigenvalue weighted by Gasteiger charge is 2.58. The summed E-state index contributed by atoms with van der Waals surface area (Å²) in [4.78, 5) is 12.2. The Balaban J connectivity index is 1.31. The number of rotatable bonds is 3. The summed E-state index contributed by atoms with van der Waals surface area (Å²) in [5, 5.41) is 11.2. The molecule has 8 atom stereocenters. The van der Waals surface area contributed by atoms with E-state index in [1.165, 1.54) is 51.4 Å². The fourth-order valence-electron chi connectivity index (χ4n) is 8.68. The van der Waals surface area contributed by atoms with Crippen LogP contribution in [0.1, 0.15) is 90.9 Å². The second-order valence-electron chi connectivity index (χ2n) is 11.3. The van der Waals surface area contributed by atoms with Gasteiger partial charge in [-0.3, -0.25) is 4.79 Å². The third-order valence-electron chi connectivity index (χ3n) is 9.96. The minimum absolute atomic E-state index is 0.293. The van der Waals surface area contributed by atoms with Gasteiger partial charge in [0.25, 0.3) is 0 Å². The van der Waals surface area contributed by atoms with E-state index in [0.717, 1.165) is 61.2 Å². The number of hydrogen-bond acceptors (Lipinski definition) is 2. The number of fused-ring (bicyclic) bond motifs is 5. The Morgan fingerprint density at radius 1 is 0.923 bits per heavy atom. The van der Waals surface area contributed by atoms with Gasteiger partial charge in [-0.2, -0.15) is 0 Å². The number of ketones is 1. The smallest absolute Gasteiger partial charge is 0.133 e. The monoisotopic (exact) mass is 358 g/mol. The minimum Gasteiger partial charge on any atom is -0.390 e. The molecule has 5 saturated carbocycles. The van der Waals surface area contributed by atoms with Gasteiger partial charge in [-0.15, -0.1) is 0 Å². The van der Waals surface area contributed by atoms with Crippen LogP contribution in [0.4, 0.5) is 0 Å². The molecule has 1 N–H and O–H groups in total. The van der Waals surface area contributed by atoms with E-state index in [-0.39, 0.29) is 5.60 Å². The van der Waals surface area contributed by atoms with Crippen LogP contribution in [0.25, 0.3) is 0 Å². The zero-order valence-corrected chi connectivity index (χ0v) is 16.9. The Morgan fingerprint density at radius 3 is 2.42 bits per heavy atom. The van der Waals surface area contributed by atoms with Gasteiger partial charge in [-0.05, 0) is 112 Å². The van der Waals surface area contributed by atoms with Crippen LogP contribution in [0.2, 0.25) is 0 Å². The van der Waals surface area contributed by atoms with Crippen LogP contribution in [0.3, 0.4) is 0 Å². The van der Waals surface area contributed by atoms with Crippen molar-refractivity contribution < 1.29 is 9.90 Å². The zero-order valence-electron chi connectivity index (χ0n) is 16.9. The second-order valence-corrected chi connectivity index (χ2v) is 11.3. The van der Waals surface area contributed by atoms with Crippen LogP contribution in [-0.2, 0) is 4.79 Å². The van der Waals surface area contributed by atoms with Gasteiger partial charge in [0, 0.05) is 5.92 Å². The number of carbonyl (C=O) groups is 1. The molecule has 0 radical (unpaired) electrons. The van der Waals surface area contributed by atoms with Gasteiger partial charge in [0.15, 0.2) is 0 Å². The molecule has 0 aromatic carbocycles. The summed E-state index contributed by atoms with van der Waals surface area (Å²) in [5.74, 6) is 5.83. The predicted octanol–water partition coefficient (Wildman–Crippen LogP) is 5.38. The van der Waals surface area contributed by atoms with Gasteiger partial charge >= 0.3 is 0 Å². The van der Waals surface area contributed by atoms with Crippen LogP contribution in [-0.4, -0.2) is 16.5 Å². The average Bonchev–Trinajstić information content (AvgIpc) is 3.31. The summed E-state index contributed by atoms with van der Waals surface area (Å²) >= 11 is 0. The van der Waals surface area contributed by atoms with Crippen molar-refractivity contribution >= 4 is 5.78 Å². The van der Waals surface area contributed by atoms with Crippen molar-refractivity contribution in [1.82, 2.24) is 0 Å². The summed E-state index contributed by atoms with van der Waals surface area (Å²) in [7, 11) is 0. The van der Waals surface area contributed by atoms with Crippen LogP contribution in [0.15, 0.2) is 0 Å². The normalized spacial score (nSPS) is 53.5. The lowest BCUT2D eigenvalue weighted by molar-refractivity contribution is -0.131. The standard InChI is InChI=1S/C24H38O2/c1-15(25)21-7-8-22-20-6-5-17-14-24(26,13-16-3-4-16)12-10-18(17)19(20)9-11-23(21,22)2/h16-22,26H,3-14H2,1-2H3/t17-,18+,19-,20-,21-,22+,23-,24+/m1/s1. The van der Waals surface area contributed by atoms with Gasteiger partial charge in [0.05, 0.1) is 5.60 Å². The van der Waals surface area contributed by atoms with Crippen molar-refractivity contribution in [2.75, 3.05) is 0 Å². The summed E-state index contributed by atoms with van der Waals surface area (Å²) in [5.41, 5.74) is -0.0351. The molecule has 0 aromatic rings. The summed E-state index contributed by atoms with van der Waals surface area (Å²) < 4.78 is 0. The largest absolute Gasteiger partial charge is 0.390 e. The molecular weight excluding hydrogens is 320 g/mol. The third kappa shape index (κ3) is 2.73. The van der Waals surface area contributed by atoms with E-state index in [0.29, 0.717) is 17.1 Å². The Kier molecular flexibility index (Phi) is 4.13. The lowest BCUT2D eigenvalue weighted by atomic mass is 9.48. The fraction of sp³-hybridized carbons (Fsp3) is 0.958. The van der Waals surface area contributed by atoms with E-state index in [4.69, 9.17) is 0 Å².